The van der Waals surface area contributed by atoms with Crippen molar-refractivity contribution in [1.29, 1.82) is 5.26 Å². The normalized spacial score (nSPS) is 8.00. The molecule has 1 N–H and O–H groups in total. The summed E-state index contributed by atoms with van der Waals surface area (Å²) >= 11 is 0. The van der Waals surface area contributed by atoms with Crippen molar-refractivity contribution in [1.82, 2.24) is 0 Å². The van der Waals surface area contributed by atoms with E-state index >= 15 is 0 Å². The van der Waals surface area contributed by atoms with E-state index in [2.05, 4.69) is 0 Å². The molecule has 0 unspecified atom stereocenters. The number of benzene rings is 1. The summed E-state index contributed by atoms with van der Waals surface area (Å²) in [6.45, 7) is 0. The number of rotatable bonds is 3. The van der Waals surface area contributed by atoms with E-state index in [0.717, 1.165) is 6.29 Å². The van der Waals surface area contributed by atoms with Crippen molar-refractivity contribution >= 4 is 12.3 Å². The molecule has 0 aliphatic heterocycles. The molecule has 0 saturated carbocycles. The zero-order valence-electron chi connectivity index (χ0n) is 8.71. The maximum absolute atomic E-state index is 10.2. The Morgan fingerprint density at radius 1 is 1.62 bits per heavy atom. The Morgan fingerprint density at radius 3 is 2.69 bits per heavy atom. The summed E-state index contributed by atoms with van der Waals surface area (Å²) in [5, 5.41) is 15.3. The minimum atomic E-state index is -1.07. The van der Waals surface area contributed by atoms with Crippen molar-refractivity contribution in [2.45, 2.75) is 6.42 Å². The zero-order valence-corrected chi connectivity index (χ0v) is 8.71. The molecular weight excluding hydrogens is 210 g/mol. The molecule has 1 rings (SSSR count). The number of aliphatic carboxylic acids is 1. The molecule has 0 aliphatic rings. The lowest BCUT2D eigenvalue weighted by Gasteiger charge is -1.97. The van der Waals surface area contributed by atoms with E-state index in [1.165, 1.54) is 6.07 Å². The fourth-order valence-electron chi connectivity index (χ4n) is 0.782. The average Bonchev–Trinajstić information content (AvgIpc) is 2.29. The van der Waals surface area contributed by atoms with Crippen LogP contribution in [0.4, 0.5) is 0 Å². The van der Waals surface area contributed by atoms with Crippen LogP contribution in [0.3, 0.4) is 0 Å². The summed E-state index contributed by atoms with van der Waals surface area (Å²) in [5.41, 5.74) is 0.638. The van der Waals surface area contributed by atoms with Crippen LogP contribution in [-0.2, 0) is 4.79 Å². The first-order valence-corrected chi connectivity index (χ1v) is 4.32. The number of nitrogens with zero attached hydrogens (tertiary/aromatic N) is 1. The van der Waals surface area contributed by atoms with Gasteiger partial charge in [-0.25, -0.2) is 0 Å². The molecule has 0 spiro atoms. The fraction of sp³-hybridized carbons (Fsp3) is 0.182. The van der Waals surface area contributed by atoms with Gasteiger partial charge in [-0.2, -0.15) is 5.26 Å². The van der Waals surface area contributed by atoms with Crippen LogP contribution in [0.5, 0.6) is 5.75 Å². The van der Waals surface area contributed by atoms with Crippen LogP contribution in [0.1, 0.15) is 16.8 Å². The number of aldehydes is 1. The van der Waals surface area contributed by atoms with Crippen LogP contribution in [0.25, 0.3) is 0 Å². The summed E-state index contributed by atoms with van der Waals surface area (Å²) in [5.74, 6) is -0.359. The quantitative estimate of drug-likeness (QED) is 0.781. The third-order valence-electron chi connectivity index (χ3n) is 1.46. The number of carboxylic acids is 1. The lowest BCUT2D eigenvalue weighted by Crippen LogP contribution is -1.88. The first-order valence-electron chi connectivity index (χ1n) is 4.32. The van der Waals surface area contributed by atoms with Crippen LogP contribution in [0.15, 0.2) is 24.3 Å². The molecule has 0 saturated heterocycles. The lowest BCUT2D eigenvalue weighted by molar-refractivity contribution is -0.135. The highest BCUT2D eigenvalue weighted by Gasteiger charge is 1.91. The Bertz CT molecular complexity index is 395. The third kappa shape index (κ3) is 6.16. The third-order valence-corrected chi connectivity index (χ3v) is 1.46. The van der Waals surface area contributed by atoms with E-state index in [-0.39, 0.29) is 0 Å². The first kappa shape index (κ1) is 13.7. The van der Waals surface area contributed by atoms with Crippen molar-refractivity contribution in [3.8, 4) is 11.8 Å². The predicted octanol–water partition coefficient (Wildman–Crippen LogP) is 1.49. The SMILES string of the molecule is COc1cccc(C=O)c1.N#CCC(=O)O. The van der Waals surface area contributed by atoms with Gasteiger partial charge in [0, 0.05) is 5.56 Å². The molecule has 0 bridgehead atoms. The standard InChI is InChI=1S/C8H8O2.C3H3NO2/c1-10-8-4-2-3-7(5-8)6-9;4-2-1-3(5)6/h2-6H,1H3;1H2,(H,5,6). The van der Waals surface area contributed by atoms with E-state index in [1.807, 2.05) is 0 Å². The van der Waals surface area contributed by atoms with Gasteiger partial charge in [0.15, 0.2) is 0 Å². The van der Waals surface area contributed by atoms with Gasteiger partial charge in [-0.05, 0) is 12.1 Å². The van der Waals surface area contributed by atoms with E-state index in [1.54, 1.807) is 31.4 Å². The Labute approximate surface area is 92.9 Å². The van der Waals surface area contributed by atoms with E-state index in [9.17, 15) is 9.59 Å². The zero-order chi connectivity index (χ0) is 12.4. The summed E-state index contributed by atoms with van der Waals surface area (Å²) in [6.07, 6.45) is 0.391. The number of ether oxygens (including phenoxy) is 1. The number of carboxylic acid groups (broad SMARTS) is 1. The van der Waals surface area contributed by atoms with Gasteiger partial charge in [0.25, 0.3) is 0 Å². The van der Waals surface area contributed by atoms with Gasteiger partial charge in [-0.3, -0.25) is 9.59 Å². The van der Waals surface area contributed by atoms with Crippen molar-refractivity contribution in [2.24, 2.45) is 0 Å². The first-order chi connectivity index (χ1) is 7.63. The highest BCUT2D eigenvalue weighted by Crippen LogP contribution is 2.10. The van der Waals surface area contributed by atoms with Gasteiger partial charge >= 0.3 is 5.97 Å². The Kier molecular flexibility index (Phi) is 6.82. The van der Waals surface area contributed by atoms with Crippen LogP contribution in [-0.4, -0.2) is 24.5 Å². The van der Waals surface area contributed by atoms with Crippen LogP contribution in [0.2, 0.25) is 0 Å². The van der Waals surface area contributed by atoms with E-state index < -0.39 is 12.4 Å². The summed E-state index contributed by atoms with van der Waals surface area (Å²) in [7, 11) is 1.57. The number of hydrogen-bond donors (Lipinski definition) is 1. The highest BCUT2D eigenvalue weighted by molar-refractivity contribution is 5.75. The number of carbonyl (C=O) groups is 2. The monoisotopic (exact) mass is 221 g/mol. The molecule has 0 aromatic heterocycles. The van der Waals surface area contributed by atoms with Gasteiger partial charge in [0.05, 0.1) is 13.2 Å². The van der Waals surface area contributed by atoms with Crippen LogP contribution < -0.4 is 4.74 Å². The van der Waals surface area contributed by atoms with Crippen LogP contribution in [0, 0.1) is 11.3 Å². The lowest BCUT2D eigenvalue weighted by atomic mass is 10.2. The number of carbonyl (C=O) groups excluding carboxylic acids is 1. The second-order valence-corrected chi connectivity index (χ2v) is 2.62. The molecule has 0 amide bonds. The second kappa shape index (κ2) is 8.00. The molecule has 0 heterocycles. The molecule has 5 heteroatoms. The molecule has 1 aromatic carbocycles. The van der Waals surface area contributed by atoms with Gasteiger partial charge in [0.2, 0.25) is 0 Å². The molecular formula is C11H11NO4. The molecule has 1 aromatic rings. The summed E-state index contributed by atoms with van der Waals surface area (Å²) < 4.78 is 4.90. The maximum Gasteiger partial charge on any atom is 0.317 e. The minimum Gasteiger partial charge on any atom is -0.497 e. The molecule has 0 fully saturated rings. The predicted molar refractivity (Wildman–Crippen MR) is 56.2 cm³/mol. The Hall–Kier alpha value is -2.35. The van der Waals surface area contributed by atoms with Gasteiger partial charge in [-0.1, -0.05) is 12.1 Å². The van der Waals surface area contributed by atoms with Crippen molar-refractivity contribution in [3.63, 3.8) is 0 Å². The molecule has 0 atom stereocenters. The molecule has 84 valence electrons. The van der Waals surface area contributed by atoms with E-state index in [4.69, 9.17) is 15.1 Å². The van der Waals surface area contributed by atoms with Crippen molar-refractivity contribution in [3.05, 3.63) is 29.8 Å². The summed E-state index contributed by atoms with van der Waals surface area (Å²) in [4.78, 5) is 19.6. The number of methoxy groups -OCH3 is 1. The van der Waals surface area contributed by atoms with Crippen LogP contribution >= 0.6 is 0 Å². The van der Waals surface area contributed by atoms with Crippen molar-refractivity contribution < 1.29 is 19.4 Å². The van der Waals surface area contributed by atoms with Gasteiger partial charge < -0.3 is 9.84 Å². The maximum atomic E-state index is 10.2. The number of hydrogen-bond acceptors (Lipinski definition) is 4. The number of nitriles is 1. The second-order valence-electron chi connectivity index (χ2n) is 2.62. The molecule has 0 radical (unpaired) electrons. The summed E-state index contributed by atoms with van der Waals surface area (Å²) in [6, 6.07) is 8.47. The average molecular weight is 221 g/mol. The Morgan fingerprint density at radius 2 is 2.31 bits per heavy atom. The van der Waals surface area contributed by atoms with Gasteiger partial charge in [0.1, 0.15) is 18.5 Å². The van der Waals surface area contributed by atoms with E-state index in [0.29, 0.717) is 11.3 Å². The minimum absolute atomic E-state index is 0.403. The smallest absolute Gasteiger partial charge is 0.317 e. The molecule has 16 heavy (non-hydrogen) atoms. The highest BCUT2D eigenvalue weighted by atomic mass is 16.5. The largest absolute Gasteiger partial charge is 0.497 e. The Balaban J connectivity index is 0.000000325. The molecule has 0 aliphatic carbocycles. The fourth-order valence-corrected chi connectivity index (χ4v) is 0.782. The molecule has 5 nitrogen and oxygen atoms in total. The van der Waals surface area contributed by atoms with Crippen molar-refractivity contribution in [2.75, 3.05) is 7.11 Å². The van der Waals surface area contributed by atoms with Gasteiger partial charge in [-0.15, -0.1) is 0 Å². The topological polar surface area (TPSA) is 87.4 Å².